The van der Waals surface area contributed by atoms with Gasteiger partial charge in [0.2, 0.25) is 5.75 Å². The minimum absolute atomic E-state index is 0.0415. The number of methoxy groups -OCH3 is 3. The molecule has 1 aromatic carbocycles. The molecule has 7 nitrogen and oxygen atoms in total. The second-order valence-corrected chi connectivity index (χ2v) is 10.9. The highest BCUT2D eigenvalue weighted by Crippen LogP contribution is 2.49. The Balaban J connectivity index is 1.83. The van der Waals surface area contributed by atoms with Crippen molar-refractivity contribution in [3.63, 3.8) is 0 Å². The zero-order valence-corrected chi connectivity index (χ0v) is 22.4. The fraction of sp³-hybridized carbons (Fsp3) is 0.586. The number of carbonyl (C=O) groups is 2. The molecule has 1 heterocycles. The highest BCUT2D eigenvalue weighted by molar-refractivity contribution is 6.04. The largest absolute Gasteiger partial charge is 0.493 e. The van der Waals surface area contributed by atoms with Crippen molar-refractivity contribution in [3.05, 3.63) is 40.2 Å². The highest BCUT2D eigenvalue weighted by Gasteiger charge is 2.44. The molecule has 36 heavy (non-hydrogen) atoms. The summed E-state index contributed by atoms with van der Waals surface area (Å²) in [5.41, 5.74) is 3.26. The molecule has 0 spiro atoms. The van der Waals surface area contributed by atoms with E-state index in [4.69, 9.17) is 18.9 Å². The SMILES string of the molecule is COc1cc([C@H]2C(C(=O)OC3CCCCCC3)=C(C)NC3=C2C(=O)CC(C)(C)C3)cc(OC)c1OC. The molecule has 1 N–H and O–H groups in total. The van der Waals surface area contributed by atoms with Crippen LogP contribution in [0.1, 0.15) is 83.6 Å². The smallest absolute Gasteiger partial charge is 0.337 e. The van der Waals surface area contributed by atoms with Gasteiger partial charge in [-0.05, 0) is 62.1 Å². The van der Waals surface area contributed by atoms with Gasteiger partial charge in [0.25, 0.3) is 0 Å². The lowest BCUT2D eigenvalue weighted by atomic mass is 9.68. The molecule has 3 aliphatic rings. The molecule has 0 amide bonds. The highest BCUT2D eigenvalue weighted by atomic mass is 16.5. The van der Waals surface area contributed by atoms with Crippen LogP contribution in [0.3, 0.4) is 0 Å². The maximum Gasteiger partial charge on any atom is 0.337 e. The van der Waals surface area contributed by atoms with Gasteiger partial charge in [-0.2, -0.15) is 0 Å². The number of dihydropyridines is 1. The Kier molecular flexibility index (Phi) is 7.67. The zero-order chi connectivity index (χ0) is 26.0. The second kappa shape index (κ2) is 10.6. The number of esters is 1. The Morgan fingerprint density at radius 1 is 0.944 bits per heavy atom. The molecule has 196 valence electrons. The van der Waals surface area contributed by atoms with Crippen molar-refractivity contribution in [3.8, 4) is 17.2 Å². The number of Topliss-reactive ketones (excluding diaryl/α,β-unsaturated/α-hetero) is 1. The van der Waals surface area contributed by atoms with Crippen molar-refractivity contribution in [2.45, 2.75) is 84.2 Å². The van der Waals surface area contributed by atoms with E-state index in [1.165, 1.54) is 12.8 Å². The van der Waals surface area contributed by atoms with E-state index in [1.807, 2.05) is 19.1 Å². The Morgan fingerprint density at radius 3 is 2.11 bits per heavy atom. The van der Waals surface area contributed by atoms with Crippen LogP contribution in [0.15, 0.2) is 34.7 Å². The second-order valence-electron chi connectivity index (χ2n) is 10.9. The van der Waals surface area contributed by atoms with E-state index in [0.29, 0.717) is 34.8 Å². The van der Waals surface area contributed by atoms with Crippen LogP contribution in [0.25, 0.3) is 0 Å². The number of hydrogen-bond acceptors (Lipinski definition) is 7. The van der Waals surface area contributed by atoms with Crippen LogP contribution in [-0.4, -0.2) is 39.2 Å². The number of nitrogens with one attached hydrogen (secondary N) is 1. The van der Waals surface area contributed by atoms with Crippen molar-refractivity contribution in [2.75, 3.05) is 21.3 Å². The Bertz CT molecular complexity index is 1070. The fourth-order valence-corrected chi connectivity index (χ4v) is 5.88. The van der Waals surface area contributed by atoms with Crippen LogP contribution in [0.4, 0.5) is 0 Å². The summed E-state index contributed by atoms with van der Waals surface area (Å²) in [5, 5.41) is 3.41. The minimum Gasteiger partial charge on any atom is -0.493 e. The molecule has 2 aliphatic carbocycles. The maximum atomic E-state index is 13.8. The summed E-state index contributed by atoms with van der Waals surface area (Å²) in [6, 6.07) is 3.67. The summed E-state index contributed by atoms with van der Waals surface area (Å²) in [7, 11) is 4.67. The summed E-state index contributed by atoms with van der Waals surface area (Å²) >= 11 is 0. The summed E-state index contributed by atoms with van der Waals surface area (Å²) in [6.07, 6.45) is 7.26. The van der Waals surface area contributed by atoms with Gasteiger partial charge in [0, 0.05) is 29.3 Å². The van der Waals surface area contributed by atoms with E-state index >= 15 is 0 Å². The first-order chi connectivity index (χ1) is 17.2. The summed E-state index contributed by atoms with van der Waals surface area (Å²) in [4.78, 5) is 27.4. The number of benzene rings is 1. The molecular weight excluding hydrogens is 458 g/mol. The van der Waals surface area contributed by atoms with Gasteiger partial charge >= 0.3 is 5.97 Å². The summed E-state index contributed by atoms with van der Waals surface area (Å²) in [6.45, 7) is 6.09. The Morgan fingerprint density at radius 2 is 1.56 bits per heavy atom. The van der Waals surface area contributed by atoms with Crippen molar-refractivity contribution < 1.29 is 28.5 Å². The normalized spacial score (nSPS) is 22.4. The first kappa shape index (κ1) is 26.1. The molecule has 1 saturated carbocycles. The number of hydrogen-bond donors (Lipinski definition) is 1. The molecule has 1 atom stereocenters. The molecule has 0 bridgehead atoms. The van der Waals surface area contributed by atoms with Crippen molar-refractivity contribution >= 4 is 11.8 Å². The van der Waals surface area contributed by atoms with E-state index in [9.17, 15) is 9.59 Å². The van der Waals surface area contributed by atoms with Crippen LogP contribution in [0.2, 0.25) is 0 Å². The lowest BCUT2D eigenvalue weighted by Crippen LogP contribution is -2.39. The monoisotopic (exact) mass is 497 g/mol. The van der Waals surface area contributed by atoms with E-state index < -0.39 is 5.92 Å². The first-order valence-corrected chi connectivity index (χ1v) is 12.9. The van der Waals surface area contributed by atoms with Crippen LogP contribution < -0.4 is 19.5 Å². The third-order valence-corrected chi connectivity index (χ3v) is 7.56. The van der Waals surface area contributed by atoms with Gasteiger partial charge in [-0.15, -0.1) is 0 Å². The summed E-state index contributed by atoms with van der Waals surface area (Å²) in [5.74, 6) is 0.508. The number of carbonyl (C=O) groups excluding carboxylic acids is 2. The minimum atomic E-state index is -0.586. The van der Waals surface area contributed by atoms with Gasteiger partial charge in [0.1, 0.15) is 6.10 Å². The first-order valence-electron chi connectivity index (χ1n) is 12.9. The average molecular weight is 498 g/mol. The van der Waals surface area contributed by atoms with Gasteiger partial charge in [-0.1, -0.05) is 26.7 Å². The number of allylic oxidation sites excluding steroid dienone is 3. The topological polar surface area (TPSA) is 83.1 Å². The van der Waals surface area contributed by atoms with Crippen molar-refractivity contribution in [2.24, 2.45) is 5.41 Å². The van der Waals surface area contributed by atoms with Gasteiger partial charge in [0.15, 0.2) is 17.3 Å². The van der Waals surface area contributed by atoms with Gasteiger partial charge in [0.05, 0.1) is 26.9 Å². The standard InChI is InChI=1S/C29H39NO6/c1-17-24(28(32)36-19-11-9-7-8-10-12-19)25(26-20(30-17)15-29(2,3)16-21(26)31)18-13-22(33-4)27(35-6)23(14-18)34-5/h13-14,19,25,30H,7-12,15-16H2,1-6H3/t25-/m0/s1. The third kappa shape index (κ3) is 5.11. The molecule has 1 fully saturated rings. The van der Waals surface area contributed by atoms with E-state index in [1.54, 1.807) is 21.3 Å². The molecule has 0 radical (unpaired) electrons. The van der Waals surface area contributed by atoms with Crippen LogP contribution in [0.5, 0.6) is 17.2 Å². The molecular formula is C29H39NO6. The van der Waals surface area contributed by atoms with Crippen LogP contribution in [-0.2, 0) is 14.3 Å². The molecule has 1 aromatic rings. The van der Waals surface area contributed by atoms with Crippen LogP contribution in [0, 0.1) is 5.41 Å². The predicted octanol–water partition coefficient (Wildman–Crippen LogP) is 5.58. The fourth-order valence-electron chi connectivity index (χ4n) is 5.88. The van der Waals surface area contributed by atoms with Gasteiger partial charge in [-0.25, -0.2) is 4.79 Å². The van der Waals surface area contributed by atoms with Crippen molar-refractivity contribution in [1.29, 1.82) is 0 Å². The average Bonchev–Trinajstić information content (AvgIpc) is 3.09. The number of rotatable bonds is 6. The van der Waals surface area contributed by atoms with E-state index in [-0.39, 0.29) is 23.3 Å². The quantitative estimate of drug-likeness (QED) is 0.406. The Labute approximate surface area is 214 Å². The van der Waals surface area contributed by atoms with Gasteiger partial charge < -0.3 is 24.3 Å². The lowest BCUT2D eigenvalue weighted by Gasteiger charge is -2.39. The number of ether oxygens (including phenoxy) is 4. The van der Waals surface area contributed by atoms with E-state index in [0.717, 1.165) is 49.1 Å². The van der Waals surface area contributed by atoms with Crippen molar-refractivity contribution in [1.82, 2.24) is 5.32 Å². The molecule has 4 rings (SSSR count). The predicted molar refractivity (Wildman–Crippen MR) is 137 cm³/mol. The molecule has 0 saturated heterocycles. The molecule has 1 aliphatic heterocycles. The molecule has 7 heteroatoms. The maximum absolute atomic E-state index is 13.8. The third-order valence-electron chi connectivity index (χ3n) is 7.56. The lowest BCUT2D eigenvalue weighted by molar-refractivity contribution is -0.145. The Hall–Kier alpha value is -2.96. The molecule has 0 aromatic heterocycles. The van der Waals surface area contributed by atoms with E-state index in [2.05, 4.69) is 19.2 Å². The molecule has 0 unspecified atom stereocenters. The van der Waals surface area contributed by atoms with Gasteiger partial charge in [-0.3, -0.25) is 4.79 Å². The number of ketones is 1. The van der Waals surface area contributed by atoms with Crippen LogP contribution >= 0.6 is 0 Å². The zero-order valence-electron chi connectivity index (χ0n) is 22.4. The summed E-state index contributed by atoms with van der Waals surface area (Å²) < 4.78 is 22.8.